The topological polar surface area (TPSA) is 45.1 Å². The van der Waals surface area contributed by atoms with Gasteiger partial charge in [-0.25, -0.2) is 0 Å². The molecule has 0 bridgehead atoms. The normalized spacial score (nSPS) is 15.2. The summed E-state index contributed by atoms with van der Waals surface area (Å²) in [6.45, 7) is 4.08. The van der Waals surface area contributed by atoms with E-state index >= 15 is 0 Å². The van der Waals surface area contributed by atoms with Gasteiger partial charge in [-0.15, -0.1) is 0 Å². The van der Waals surface area contributed by atoms with Gasteiger partial charge in [-0.3, -0.25) is 9.89 Å². The maximum absolute atomic E-state index is 9.85. The van der Waals surface area contributed by atoms with E-state index in [-0.39, 0.29) is 5.75 Å². The van der Waals surface area contributed by atoms with Gasteiger partial charge in [0.1, 0.15) is 11.5 Å². The minimum atomic E-state index is 0.209. The molecule has 4 nitrogen and oxygen atoms in total. The van der Waals surface area contributed by atoms with E-state index in [1.807, 2.05) is 0 Å². The lowest BCUT2D eigenvalue weighted by molar-refractivity contribution is 0.331. The summed E-state index contributed by atoms with van der Waals surface area (Å²) in [7, 11) is 1.61. The van der Waals surface area contributed by atoms with Crippen molar-refractivity contribution in [2.45, 2.75) is 25.9 Å². The Morgan fingerprint density at radius 2 is 1.79 bits per heavy atom. The molecule has 0 spiro atoms. The van der Waals surface area contributed by atoms with Crippen LogP contribution in [0.4, 0.5) is 0 Å². The zero-order chi connectivity index (χ0) is 16.8. The summed E-state index contributed by atoms with van der Waals surface area (Å²) in [5.41, 5.74) is 3.19. The van der Waals surface area contributed by atoms with Crippen molar-refractivity contribution >= 4 is 6.21 Å². The van der Waals surface area contributed by atoms with E-state index in [0.29, 0.717) is 17.9 Å². The zero-order valence-corrected chi connectivity index (χ0v) is 14.1. The third-order valence-electron chi connectivity index (χ3n) is 4.37. The molecule has 0 atom stereocenters. The van der Waals surface area contributed by atoms with Crippen LogP contribution < -0.4 is 4.74 Å². The van der Waals surface area contributed by atoms with Crippen molar-refractivity contribution in [2.24, 2.45) is 4.99 Å². The first kappa shape index (κ1) is 16.5. The summed E-state index contributed by atoms with van der Waals surface area (Å²) in [5.74, 6) is 0.918. The molecule has 2 aromatic carbocycles. The monoisotopic (exact) mass is 324 g/mol. The van der Waals surface area contributed by atoms with Crippen LogP contribution in [0.15, 0.2) is 47.5 Å². The first-order valence-electron chi connectivity index (χ1n) is 8.41. The van der Waals surface area contributed by atoms with Gasteiger partial charge < -0.3 is 9.84 Å². The number of likely N-dealkylation sites (tertiary alicyclic amines) is 1. The Balaban J connectivity index is 1.58. The van der Waals surface area contributed by atoms with E-state index in [4.69, 9.17) is 4.74 Å². The number of benzene rings is 2. The molecular weight excluding hydrogens is 300 g/mol. The molecule has 0 aliphatic carbocycles. The molecule has 0 radical (unpaired) electrons. The molecule has 2 aromatic rings. The molecule has 1 saturated heterocycles. The van der Waals surface area contributed by atoms with Crippen LogP contribution >= 0.6 is 0 Å². The largest absolute Gasteiger partial charge is 0.507 e. The SMILES string of the molecule is COc1ccc(O)c(C=NCc2ccc(CN3CCCC3)cc2)c1. The van der Waals surface area contributed by atoms with Crippen LogP contribution in [0.2, 0.25) is 0 Å². The summed E-state index contributed by atoms with van der Waals surface area (Å²) in [5, 5.41) is 9.85. The molecule has 24 heavy (non-hydrogen) atoms. The number of hydrogen-bond acceptors (Lipinski definition) is 4. The summed E-state index contributed by atoms with van der Waals surface area (Å²) in [6.07, 6.45) is 4.34. The van der Waals surface area contributed by atoms with Crippen molar-refractivity contribution in [1.29, 1.82) is 0 Å². The van der Waals surface area contributed by atoms with E-state index in [2.05, 4.69) is 34.2 Å². The van der Waals surface area contributed by atoms with E-state index in [9.17, 15) is 5.11 Å². The van der Waals surface area contributed by atoms with Crippen molar-refractivity contribution < 1.29 is 9.84 Å². The van der Waals surface area contributed by atoms with E-state index in [0.717, 1.165) is 6.54 Å². The standard InChI is InChI=1S/C20H24N2O2/c1-24-19-8-9-20(23)18(12-19)14-21-13-16-4-6-17(7-5-16)15-22-10-2-3-11-22/h4-9,12,14,23H,2-3,10-11,13,15H2,1H3. The highest BCUT2D eigenvalue weighted by atomic mass is 16.5. The number of ether oxygens (including phenoxy) is 1. The second-order valence-corrected chi connectivity index (χ2v) is 6.19. The third kappa shape index (κ3) is 4.36. The summed E-state index contributed by atoms with van der Waals surface area (Å²) in [4.78, 5) is 6.93. The predicted molar refractivity (Wildman–Crippen MR) is 96.9 cm³/mol. The number of rotatable bonds is 6. The lowest BCUT2D eigenvalue weighted by Gasteiger charge is -2.14. The Morgan fingerprint density at radius 1 is 1.08 bits per heavy atom. The minimum Gasteiger partial charge on any atom is -0.507 e. The van der Waals surface area contributed by atoms with Gasteiger partial charge in [0.25, 0.3) is 0 Å². The summed E-state index contributed by atoms with van der Waals surface area (Å²) >= 11 is 0. The second kappa shape index (κ2) is 7.97. The smallest absolute Gasteiger partial charge is 0.124 e. The number of nitrogens with zero attached hydrogens (tertiary/aromatic N) is 2. The van der Waals surface area contributed by atoms with Crippen LogP contribution in [0.1, 0.15) is 29.5 Å². The first-order valence-corrected chi connectivity index (χ1v) is 8.41. The molecule has 3 rings (SSSR count). The van der Waals surface area contributed by atoms with Gasteiger partial charge in [0.05, 0.1) is 13.7 Å². The molecule has 0 unspecified atom stereocenters. The van der Waals surface area contributed by atoms with Gasteiger partial charge in [0, 0.05) is 18.3 Å². The maximum Gasteiger partial charge on any atom is 0.124 e. The van der Waals surface area contributed by atoms with Crippen LogP contribution in [-0.4, -0.2) is 36.4 Å². The van der Waals surface area contributed by atoms with Crippen LogP contribution in [0.5, 0.6) is 11.5 Å². The fraction of sp³-hybridized carbons (Fsp3) is 0.350. The lowest BCUT2D eigenvalue weighted by Crippen LogP contribution is -2.18. The number of hydrogen-bond donors (Lipinski definition) is 1. The molecule has 1 aliphatic heterocycles. The molecule has 4 heteroatoms. The summed E-state index contributed by atoms with van der Waals surface area (Å²) in [6, 6.07) is 13.8. The zero-order valence-electron chi connectivity index (χ0n) is 14.1. The number of methoxy groups -OCH3 is 1. The fourth-order valence-corrected chi connectivity index (χ4v) is 2.96. The number of aromatic hydroxyl groups is 1. The second-order valence-electron chi connectivity index (χ2n) is 6.19. The van der Waals surface area contributed by atoms with Gasteiger partial charge >= 0.3 is 0 Å². The number of phenols is 1. The van der Waals surface area contributed by atoms with Gasteiger partial charge in [-0.2, -0.15) is 0 Å². The van der Waals surface area contributed by atoms with E-state index in [1.165, 1.54) is 37.1 Å². The highest BCUT2D eigenvalue weighted by Gasteiger charge is 2.11. The third-order valence-corrected chi connectivity index (χ3v) is 4.37. The quantitative estimate of drug-likeness (QED) is 0.826. The average molecular weight is 324 g/mol. The van der Waals surface area contributed by atoms with Gasteiger partial charge in [-0.1, -0.05) is 24.3 Å². The predicted octanol–water partition coefficient (Wildman–Crippen LogP) is 3.62. The fourth-order valence-electron chi connectivity index (χ4n) is 2.96. The van der Waals surface area contributed by atoms with Crippen LogP contribution in [-0.2, 0) is 13.1 Å². The lowest BCUT2D eigenvalue weighted by atomic mass is 10.1. The Hall–Kier alpha value is -2.33. The highest BCUT2D eigenvalue weighted by Crippen LogP contribution is 2.21. The van der Waals surface area contributed by atoms with Crippen LogP contribution in [0.3, 0.4) is 0 Å². The van der Waals surface area contributed by atoms with Gasteiger partial charge in [0.2, 0.25) is 0 Å². The molecule has 126 valence electrons. The Kier molecular flexibility index (Phi) is 5.49. The van der Waals surface area contributed by atoms with Crippen molar-refractivity contribution in [3.05, 3.63) is 59.2 Å². The molecule has 0 amide bonds. The summed E-state index contributed by atoms with van der Waals surface area (Å²) < 4.78 is 5.17. The number of aliphatic imine (C=N–C) groups is 1. The average Bonchev–Trinajstić information content (AvgIpc) is 3.11. The minimum absolute atomic E-state index is 0.209. The van der Waals surface area contributed by atoms with Gasteiger partial charge in [-0.05, 0) is 55.3 Å². The first-order chi connectivity index (χ1) is 11.7. The van der Waals surface area contributed by atoms with Crippen molar-refractivity contribution in [3.63, 3.8) is 0 Å². The molecule has 0 aromatic heterocycles. The van der Waals surface area contributed by atoms with Crippen molar-refractivity contribution in [1.82, 2.24) is 4.90 Å². The molecule has 1 N–H and O–H groups in total. The Labute approximate surface area is 143 Å². The molecular formula is C20H24N2O2. The molecule has 1 heterocycles. The van der Waals surface area contributed by atoms with Crippen LogP contribution in [0, 0.1) is 0 Å². The van der Waals surface area contributed by atoms with Crippen LogP contribution in [0.25, 0.3) is 0 Å². The maximum atomic E-state index is 9.85. The van der Waals surface area contributed by atoms with Crippen molar-refractivity contribution in [3.8, 4) is 11.5 Å². The van der Waals surface area contributed by atoms with E-state index in [1.54, 1.807) is 31.5 Å². The molecule has 1 aliphatic rings. The number of phenolic OH excluding ortho intramolecular Hbond substituents is 1. The molecule has 1 fully saturated rings. The molecule has 0 saturated carbocycles. The highest BCUT2D eigenvalue weighted by molar-refractivity contribution is 5.84. The van der Waals surface area contributed by atoms with Gasteiger partial charge in [0.15, 0.2) is 0 Å². The van der Waals surface area contributed by atoms with E-state index < -0.39 is 0 Å². The Bertz CT molecular complexity index is 689. The Morgan fingerprint density at radius 3 is 2.50 bits per heavy atom. The van der Waals surface area contributed by atoms with Crippen molar-refractivity contribution in [2.75, 3.05) is 20.2 Å².